The molecule has 0 aromatic rings. The molecule has 102 valence electrons. The van der Waals surface area contributed by atoms with Crippen molar-refractivity contribution >= 4 is 0 Å². The normalized spacial score (nSPS) is 23.3. The summed E-state index contributed by atoms with van der Waals surface area (Å²) >= 11 is 0. The minimum Gasteiger partial charge on any atom is -0.391 e. The van der Waals surface area contributed by atoms with Crippen molar-refractivity contribution in [1.82, 2.24) is 4.90 Å². The Kier molecular flexibility index (Phi) is 5.90. The molecule has 1 heterocycles. The van der Waals surface area contributed by atoms with Gasteiger partial charge < -0.3 is 9.84 Å². The molecule has 1 N–H and O–H groups in total. The first kappa shape index (κ1) is 14.9. The first-order valence-corrected chi connectivity index (χ1v) is 7.07. The fourth-order valence-electron chi connectivity index (χ4n) is 2.82. The smallest absolute Gasteiger partial charge is 0.0719 e. The van der Waals surface area contributed by atoms with Gasteiger partial charge in [0.15, 0.2) is 0 Å². The number of nitrogens with zero attached hydrogens (tertiary/aromatic N) is 1. The molecule has 3 nitrogen and oxygen atoms in total. The summed E-state index contributed by atoms with van der Waals surface area (Å²) in [7, 11) is 0. The summed E-state index contributed by atoms with van der Waals surface area (Å²) in [5, 5.41) is 10.4. The largest absolute Gasteiger partial charge is 0.391 e. The van der Waals surface area contributed by atoms with Gasteiger partial charge in [-0.25, -0.2) is 0 Å². The average Bonchev–Trinajstić information content (AvgIpc) is 2.79. The van der Waals surface area contributed by atoms with Crippen molar-refractivity contribution in [3.8, 4) is 0 Å². The summed E-state index contributed by atoms with van der Waals surface area (Å²) in [6, 6.07) is 0. The van der Waals surface area contributed by atoms with Crippen LogP contribution < -0.4 is 0 Å². The predicted molar refractivity (Wildman–Crippen MR) is 71.2 cm³/mol. The highest BCUT2D eigenvalue weighted by Crippen LogP contribution is 2.25. The Morgan fingerprint density at radius 1 is 1.35 bits per heavy atom. The lowest BCUT2D eigenvalue weighted by Crippen LogP contribution is -2.52. The zero-order valence-electron chi connectivity index (χ0n) is 11.9. The Labute approximate surface area is 106 Å². The highest BCUT2D eigenvalue weighted by molar-refractivity contribution is 4.88. The summed E-state index contributed by atoms with van der Waals surface area (Å²) in [5.41, 5.74) is -0.137. The predicted octanol–water partition coefficient (Wildman–Crippen LogP) is 2.43. The third-order valence-electron chi connectivity index (χ3n) is 4.18. The number of likely N-dealkylation sites (N-methyl/N-ethyl adjacent to an activating group) is 1. The van der Waals surface area contributed by atoms with Gasteiger partial charge in [0.05, 0.1) is 12.2 Å². The minimum atomic E-state index is -0.272. The number of rotatable bonds is 7. The zero-order valence-corrected chi connectivity index (χ0v) is 11.9. The van der Waals surface area contributed by atoms with Crippen LogP contribution >= 0.6 is 0 Å². The molecule has 3 heteroatoms. The molecule has 17 heavy (non-hydrogen) atoms. The quantitative estimate of drug-likeness (QED) is 0.745. The standard InChI is InChI=1S/C14H29NO2/c1-5-15(6-2)14(3,4)13(16)10-9-12-8-7-11-17-12/h12-13,16H,5-11H2,1-4H3. The number of aliphatic hydroxyl groups is 1. The van der Waals surface area contributed by atoms with Gasteiger partial charge in [-0.15, -0.1) is 0 Å². The minimum absolute atomic E-state index is 0.137. The molecule has 1 aliphatic heterocycles. The lowest BCUT2D eigenvalue weighted by atomic mass is 9.90. The van der Waals surface area contributed by atoms with E-state index in [9.17, 15) is 5.11 Å². The van der Waals surface area contributed by atoms with Crippen molar-refractivity contribution in [2.45, 2.75) is 71.1 Å². The third kappa shape index (κ3) is 3.94. The maximum atomic E-state index is 10.4. The number of aliphatic hydroxyl groups excluding tert-OH is 1. The van der Waals surface area contributed by atoms with E-state index in [4.69, 9.17) is 4.74 Å². The highest BCUT2D eigenvalue weighted by Gasteiger charge is 2.33. The molecular formula is C14H29NO2. The second-order valence-electron chi connectivity index (χ2n) is 5.55. The number of ether oxygens (including phenoxy) is 1. The molecule has 1 aliphatic rings. The van der Waals surface area contributed by atoms with Crippen molar-refractivity contribution in [3.05, 3.63) is 0 Å². The summed E-state index contributed by atoms with van der Waals surface area (Å²) in [6.07, 6.45) is 4.29. The van der Waals surface area contributed by atoms with Crippen LogP contribution in [0.4, 0.5) is 0 Å². The van der Waals surface area contributed by atoms with Gasteiger partial charge in [0, 0.05) is 12.1 Å². The van der Waals surface area contributed by atoms with Gasteiger partial charge in [0.1, 0.15) is 0 Å². The van der Waals surface area contributed by atoms with Crippen LogP contribution in [0.2, 0.25) is 0 Å². The molecule has 1 fully saturated rings. The number of hydrogen-bond acceptors (Lipinski definition) is 3. The van der Waals surface area contributed by atoms with Crippen LogP contribution in [0.1, 0.15) is 53.4 Å². The Morgan fingerprint density at radius 2 is 2.00 bits per heavy atom. The van der Waals surface area contributed by atoms with Crippen LogP contribution in [0.5, 0.6) is 0 Å². The van der Waals surface area contributed by atoms with E-state index in [0.717, 1.165) is 32.5 Å². The number of hydrogen-bond donors (Lipinski definition) is 1. The van der Waals surface area contributed by atoms with Gasteiger partial charge in [-0.1, -0.05) is 13.8 Å². The topological polar surface area (TPSA) is 32.7 Å². The molecule has 0 saturated carbocycles. The van der Waals surface area contributed by atoms with E-state index >= 15 is 0 Å². The van der Waals surface area contributed by atoms with E-state index in [2.05, 4.69) is 32.6 Å². The van der Waals surface area contributed by atoms with Crippen LogP contribution in [-0.4, -0.2) is 47.4 Å². The second-order valence-corrected chi connectivity index (χ2v) is 5.55. The molecule has 0 spiro atoms. The van der Waals surface area contributed by atoms with Gasteiger partial charge in [0.25, 0.3) is 0 Å². The molecular weight excluding hydrogens is 214 g/mol. The molecule has 0 amide bonds. The van der Waals surface area contributed by atoms with E-state index in [0.29, 0.717) is 6.10 Å². The summed E-state index contributed by atoms with van der Waals surface area (Å²) in [5.74, 6) is 0. The van der Waals surface area contributed by atoms with Crippen LogP contribution in [0.25, 0.3) is 0 Å². The van der Waals surface area contributed by atoms with Gasteiger partial charge in [-0.05, 0) is 52.6 Å². The van der Waals surface area contributed by atoms with Crippen molar-refractivity contribution in [3.63, 3.8) is 0 Å². The first-order valence-electron chi connectivity index (χ1n) is 7.07. The highest BCUT2D eigenvalue weighted by atomic mass is 16.5. The molecule has 1 rings (SSSR count). The van der Waals surface area contributed by atoms with Gasteiger partial charge in [-0.3, -0.25) is 4.90 Å². The fraction of sp³-hybridized carbons (Fsp3) is 1.00. The van der Waals surface area contributed by atoms with Crippen LogP contribution in [0.3, 0.4) is 0 Å². The van der Waals surface area contributed by atoms with Gasteiger partial charge in [0.2, 0.25) is 0 Å². The maximum Gasteiger partial charge on any atom is 0.0719 e. The molecule has 0 radical (unpaired) electrons. The van der Waals surface area contributed by atoms with Crippen LogP contribution in [0.15, 0.2) is 0 Å². The summed E-state index contributed by atoms with van der Waals surface area (Å²) in [4.78, 5) is 2.33. The van der Waals surface area contributed by atoms with Crippen molar-refractivity contribution < 1.29 is 9.84 Å². The van der Waals surface area contributed by atoms with Crippen LogP contribution in [-0.2, 0) is 4.74 Å². The van der Waals surface area contributed by atoms with E-state index in [1.807, 2.05) is 0 Å². The molecule has 0 aromatic carbocycles. The molecule has 0 aliphatic carbocycles. The van der Waals surface area contributed by atoms with Crippen LogP contribution in [0, 0.1) is 0 Å². The Morgan fingerprint density at radius 3 is 2.47 bits per heavy atom. The van der Waals surface area contributed by atoms with Crippen molar-refractivity contribution in [1.29, 1.82) is 0 Å². The van der Waals surface area contributed by atoms with Crippen molar-refractivity contribution in [2.24, 2.45) is 0 Å². The average molecular weight is 243 g/mol. The Hall–Kier alpha value is -0.120. The fourth-order valence-corrected chi connectivity index (χ4v) is 2.82. The second kappa shape index (κ2) is 6.72. The van der Waals surface area contributed by atoms with Gasteiger partial charge >= 0.3 is 0 Å². The van der Waals surface area contributed by atoms with E-state index in [1.54, 1.807) is 0 Å². The molecule has 0 aromatic heterocycles. The molecule has 1 saturated heterocycles. The first-order chi connectivity index (χ1) is 8.02. The van der Waals surface area contributed by atoms with E-state index < -0.39 is 0 Å². The SMILES string of the molecule is CCN(CC)C(C)(C)C(O)CCC1CCCO1. The lowest BCUT2D eigenvalue weighted by Gasteiger charge is -2.41. The maximum absolute atomic E-state index is 10.4. The summed E-state index contributed by atoms with van der Waals surface area (Å²) < 4.78 is 5.60. The monoisotopic (exact) mass is 243 g/mol. The Bertz CT molecular complexity index is 208. The third-order valence-corrected chi connectivity index (χ3v) is 4.18. The molecule has 2 atom stereocenters. The van der Waals surface area contributed by atoms with Crippen molar-refractivity contribution in [2.75, 3.05) is 19.7 Å². The zero-order chi connectivity index (χ0) is 12.9. The molecule has 2 unspecified atom stereocenters. The summed E-state index contributed by atoms with van der Waals surface area (Å²) in [6.45, 7) is 11.5. The molecule has 0 bridgehead atoms. The van der Waals surface area contributed by atoms with Gasteiger partial charge in [-0.2, -0.15) is 0 Å². The van der Waals surface area contributed by atoms with E-state index in [1.165, 1.54) is 12.8 Å². The lowest BCUT2D eigenvalue weighted by molar-refractivity contribution is -0.0180. The Balaban J connectivity index is 2.40. The van der Waals surface area contributed by atoms with E-state index in [-0.39, 0.29) is 11.6 Å².